The maximum absolute atomic E-state index is 9.87. The fourth-order valence-corrected chi connectivity index (χ4v) is 4.18. The second-order valence-electron chi connectivity index (χ2n) is 6.33. The minimum atomic E-state index is 0.162. The van der Waals surface area contributed by atoms with Crippen molar-refractivity contribution in [2.75, 3.05) is 0 Å². The number of hydrogen-bond acceptors (Lipinski definition) is 3. The fourth-order valence-electron chi connectivity index (χ4n) is 4.18. The molecule has 2 atom stereocenters. The van der Waals surface area contributed by atoms with E-state index < -0.39 is 0 Å². The zero-order chi connectivity index (χ0) is 13.7. The maximum atomic E-state index is 9.87. The van der Waals surface area contributed by atoms with Crippen LogP contribution in [0.2, 0.25) is 0 Å². The van der Waals surface area contributed by atoms with Crippen LogP contribution in [0, 0.1) is 0 Å². The first kappa shape index (κ1) is 11.9. The lowest BCUT2D eigenvalue weighted by atomic mass is 9.69. The minimum Gasteiger partial charge on any atom is -0.508 e. The van der Waals surface area contributed by atoms with Crippen molar-refractivity contribution in [1.29, 1.82) is 0 Å². The molecule has 1 heterocycles. The van der Waals surface area contributed by atoms with Gasteiger partial charge in [0.15, 0.2) is 0 Å². The van der Waals surface area contributed by atoms with E-state index >= 15 is 0 Å². The van der Waals surface area contributed by atoms with E-state index in [0.29, 0.717) is 11.7 Å². The molecule has 0 aliphatic heterocycles. The number of rotatable bonds is 0. The first-order valence-corrected chi connectivity index (χ1v) is 7.29. The Bertz CT molecular complexity index is 682. The highest BCUT2D eigenvalue weighted by Crippen LogP contribution is 2.52. The first-order chi connectivity index (χ1) is 9.68. The molecular formula is C17H18N2O. The fraction of sp³-hybridized carbons (Fsp3) is 0.412. The van der Waals surface area contributed by atoms with Crippen molar-refractivity contribution in [3.8, 4) is 5.75 Å². The van der Waals surface area contributed by atoms with E-state index in [2.05, 4.69) is 23.0 Å². The van der Waals surface area contributed by atoms with Gasteiger partial charge in [-0.3, -0.25) is 0 Å². The van der Waals surface area contributed by atoms with E-state index in [4.69, 9.17) is 0 Å². The van der Waals surface area contributed by atoms with E-state index in [0.717, 1.165) is 25.7 Å². The van der Waals surface area contributed by atoms with Gasteiger partial charge in [0.05, 0.1) is 0 Å². The normalized spacial score (nSPS) is 27.4. The third-order valence-electron chi connectivity index (χ3n) is 5.10. The average Bonchev–Trinajstić information content (AvgIpc) is 2.71. The van der Waals surface area contributed by atoms with Crippen molar-refractivity contribution in [2.24, 2.45) is 0 Å². The topological polar surface area (TPSA) is 46.0 Å². The van der Waals surface area contributed by atoms with Gasteiger partial charge < -0.3 is 5.11 Å². The quantitative estimate of drug-likeness (QED) is 0.797. The predicted octanol–water partition coefficient (Wildman–Crippen LogP) is 3.12. The molecule has 3 heteroatoms. The Morgan fingerprint density at radius 1 is 1.35 bits per heavy atom. The summed E-state index contributed by atoms with van der Waals surface area (Å²) in [6.07, 6.45) is 7.92. The number of aromatic hydroxyl groups is 1. The predicted molar refractivity (Wildman–Crippen MR) is 76.9 cm³/mol. The summed E-state index contributed by atoms with van der Waals surface area (Å²) in [5.74, 6) is 0.944. The van der Waals surface area contributed by atoms with Crippen molar-refractivity contribution < 1.29 is 5.11 Å². The number of fused-ring (bicyclic) bond motifs is 3. The lowest BCUT2D eigenvalue weighted by Crippen LogP contribution is -2.32. The van der Waals surface area contributed by atoms with Crippen molar-refractivity contribution in [3.63, 3.8) is 0 Å². The molecule has 1 N–H and O–H groups in total. The number of benzene rings is 1. The van der Waals surface area contributed by atoms with Gasteiger partial charge >= 0.3 is 0 Å². The summed E-state index contributed by atoms with van der Waals surface area (Å²) >= 11 is 0. The second-order valence-corrected chi connectivity index (χ2v) is 6.33. The smallest absolute Gasteiger partial charge is 0.115 e. The van der Waals surface area contributed by atoms with Gasteiger partial charge in [0.1, 0.15) is 12.1 Å². The van der Waals surface area contributed by atoms with Gasteiger partial charge in [-0.15, -0.1) is 0 Å². The zero-order valence-corrected chi connectivity index (χ0v) is 11.6. The first-order valence-electron chi connectivity index (χ1n) is 7.29. The third-order valence-corrected chi connectivity index (χ3v) is 5.10. The van der Waals surface area contributed by atoms with E-state index in [1.807, 2.05) is 18.3 Å². The molecule has 2 unspecified atom stereocenters. The molecule has 3 nitrogen and oxygen atoms in total. The Hall–Kier alpha value is -1.90. The minimum absolute atomic E-state index is 0.162. The molecule has 1 aromatic heterocycles. The third kappa shape index (κ3) is 1.59. The summed E-state index contributed by atoms with van der Waals surface area (Å²) < 4.78 is 0. The number of phenolic OH excluding ortho intramolecular Hbond substituents is 1. The highest BCUT2D eigenvalue weighted by Gasteiger charge is 2.44. The van der Waals surface area contributed by atoms with Gasteiger partial charge in [-0.05, 0) is 60.4 Å². The van der Waals surface area contributed by atoms with Gasteiger partial charge in [0, 0.05) is 17.3 Å². The van der Waals surface area contributed by atoms with Crippen LogP contribution in [0.25, 0.3) is 0 Å². The van der Waals surface area contributed by atoms with Crippen LogP contribution in [-0.4, -0.2) is 15.1 Å². The number of phenols is 1. The monoisotopic (exact) mass is 266 g/mol. The van der Waals surface area contributed by atoms with Crippen LogP contribution in [0.4, 0.5) is 0 Å². The summed E-state index contributed by atoms with van der Waals surface area (Å²) in [5.41, 5.74) is 5.39. The van der Waals surface area contributed by atoms with Crippen molar-refractivity contribution in [2.45, 2.75) is 43.9 Å². The Kier molecular flexibility index (Phi) is 2.40. The Labute approximate surface area is 118 Å². The van der Waals surface area contributed by atoms with Gasteiger partial charge in [-0.1, -0.05) is 13.0 Å². The van der Waals surface area contributed by atoms with E-state index in [1.165, 1.54) is 22.4 Å². The van der Waals surface area contributed by atoms with E-state index in [1.54, 1.807) is 6.33 Å². The number of aryl methyl sites for hydroxylation is 1. The molecule has 0 saturated heterocycles. The molecule has 2 aliphatic rings. The maximum Gasteiger partial charge on any atom is 0.115 e. The van der Waals surface area contributed by atoms with Gasteiger partial charge in [-0.25, -0.2) is 9.97 Å². The van der Waals surface area contributed by atoms with E-state index in [-0.39, 0.29) is 5.41 Å². The van der Waals surface area contributed by atoms with Crippen LogP contribution in [0.3, 0.4) is 0 Å². The molecule has 1 aromatic carbocycles. The molecule has 20 heavy (non-hydrogen) atoms. The molecule has 2 aromatic rings. The summed E-state index contributed by atoms with van der Waals surface area (Å²) in [5, 5.41) is 9.87. The summed E-state index contributed by atoms with van der Waals surface area (Å²) in [7, 11) is 0. The lowest BCUT2D eigenvalue weighted by molar-refractivity contribution is 0.347. The molecule has 0 fully saturated rings. The van der Waals surface area contributed by atoms with Crippen molar-refractivity contribution in [1.82, 2.24) is 9.97 Å². The molecule has 1 spiro atoms. The SMILES string of the molecule is CC1CC2(CCc3cncnc3C2)c2cc(O)ccc21. The van der Waals surface area contributed by atoms with Crippen LogP contribution in [0.5, 0.6) is 5.75 Å². The van der Waals surface area contributed by atoms with E-state index in [9.17, 15) is 5.11 Å². The second kappa shape index (κ2) is 4.05. The molecule has 0 amide bonds. The van der Waals surface area contributed by atoms with Crippen molar-refractivity contribution in [3.05, 3.63) is 53.1 Å². The van der Waals surface area contributed by atoms with Crippen LogP contribution in [0.1, 0.15) is 48.1 Å². The standard InChI is InChI=1S/C17H18N2O/c1-11-7-17(15-6-13(20)2-3-14(11)15)5-4-12-9-18-10-19-16(12)8-17/h2-3,6,9-11,20H,4-5,7-8H2,1H3. The van der Waals surface area contributed by atoms with Gasteiger partial charge in [-0.2, -0.15) is 0 Å². The van der Waals surface area contributed by atoms with Crippen LogP contribution in [-0.2, 0) is 18.3 Å². The number of aromatic nitrogens is 2. The highest BCUT2D eigenvalue weighted by atomic mass is 16.3. The van der Waals surface area contributed by atoms with Crippen LogP contribution >= 0.6 is 0 Å². The molecule has 0 radical (unpaired) electrons. The van der Waals surface area contributed by atoms with Crippen LogP contribution < -0.4 is 0 Å². The molecule has 0 saturated carbocycles. The Balaban J connectivity index is 1.83. The molecule has 4 rings (SSSR count). The Morgan fingerprint density at radius 3 is 3.15 bits per heavy atom. The summed E-state index contributed by atoms with van der Waals surface area (Å²) in [6, 6.07) is 5.89. The largest absolute Gasteiger partial charge is 0.508 e. The molecular weight excluding hydrogens is 248 g/mol. The molecule has 2 aliphatic carbocycles. The lowest BCUT2D eigenvalue weighted by Gasteiger charge is -2.35. The molecule has 0 bridgehead atoms. The number of nitrogens with zero attached hydrogens (tertiary/aromatic N) is 2. The summed E-state index contributed by atoms with van der Waals surface area (Å²) in [4.78, 5) is 8.62. The average molecular weight is 266 g/mol. The summed E-state index contributed by atoms with van der Waals surface area (Å²) in [6.45, 7) is 2.29. The van der Waals surface area contributed by atoms with Gasteiger partial charge in [0.25, 0.3) is 0 Å². The number of hydrogen-bond donors (Lipinski definition) is 1. The van der Waals surface area contributed by atoms with Gasteiger partial charge in [0.2, 0.25) is 0 Å². The van der Waals surface area contributed by atoms with Crippen molar-refractivity contribution >= 4 is 0 Å². The van der Waals surface area contributed by atoms with Crippen LogP contribution in [0.15, 0.2) is 30.7 Å². The zero-order valence-electron chi connectivity index (χ0n) is 11.6. The Morgan fingerprint density at radius 2 is 2.25 bits per heavy atom. The molecule has 102 valence electrons. The highest BCUT2D eigenvalue weighted by molar-refractivity contribution is 5.48.